The molecule has 104 valence electrons. The second-order valence-corrected chi connectivity index (χ2v) is 4.31. The molecule has 0 atom stereocenters. The van der Waals surface area contributed by atoms with Crippen molar-refractivity contribution in [3.8, 4) is 5.75 Å². The van der Waals surface area contributed by atoms with E-state index in [0.29, 0.717) is 11.8 Å². The third-order valence-corrected chi connectivity index (χ3v) is 2.80. The van der Waals surface area contributed by atoms with Crippen molar-refractivity contribution in [2.45, 2.75) is 20.0 Å². The average molecular weight is 337 g/mol. The van der Waals surface area contributed by atoms with Gasteiger partial charge in [0.2, 0.25) is 0 Å². The number of benzene rings is 1. The second-order valence-electron chi connectivity index (χ2n) is 3.46. The summed E-state index contributed by atoms with van der Waals surface area (Å²) in [7, 11) is 0. The van der Waals surface area contributed by atoms with Crippen LogP contribution >= 0.6 is 15.9 Å². The van der Waals surface area contributed by atoms with E-state index in [9.17, 15) is 18.4 Å². The topological polar surface area (TPSA) is 52.6 Å². The summed E-state index contributed by atoms with van der Waals surface area (Å²) in [6, 6.07) is 2.54. The van der Waals surface area contributed by atoms with E-state index in [1.807, 2.05) is 0 Å². The van der Waals surface area contributed by atoms with Crippen molar-refractivity contribution in [1.82, 2.24) is 0 Å². The molecule has 0 unspecified atom stereocenters. The molecule has 1 aromatic rings. The Kier molecular flexibility index (Phi) is 5.88. The minimum absolute atomic E-state index is 0.104. The number of aldehydes is 1. The zero-order chi connectivity index (χ0) is 14.4. The maximum Gasteiger partial charge on any atom is 0.387 e. The Labute approximate surface area is 116 Å². The van der Waals surface area contributed by atoms with Gasteiger partial charge in [-0.3, -0.25) is 9.59 Å². The number of hydrogen-bond donors (Lipinski definition) is 0. The standard InChI is InChI=1S/C12H11BrF2O4/c1-2-18-11(17)5-7-3-9(13)10(19-12(14)15)4-8(7)6-16/h3-4,6,12H,2,5H2,1H3. The molecule has 0 saturated carbocycles. The monoisotopic (exact) mass is 336 g/mol. The first-order chi connectivity index (χ1) is 8.97. The zero-order valence-corrected chi connectivity index (χ0v) is 11.6. The number of carbonyl (C=O) groups excluding carboxylic acids is 2. The molecule has 19 heavy (non-hydrogen) atoms. The number of rotatable bonds is 6. The molecule has 0 saturated heterocycles. The van der Waals surface area contributed by atoms with Gasteiger partial charge in [-0.2, -0.15) is 8.78 Å². The van der Waals surface area contributed by atoms with Crippen LogP contribution in [-0.2, 0) is 16.0 Å². The van der Waals surface area contributed by atoms with Crippen LogP contribution in [0.3, 0.4) is 0 Å². The summed E-state index contributed by atoms with van der Waals surface area (Å²) in [6.45, 7) is -1.11. The van der Waals surface area contributed by atoms with Gasteiger partial charge in [-0.1, -0.05) is 0 Å². The van der Waals surface area contributed by atoms with Gasteiger partial charge in [0.25, 0.3) is 0 Å². The van der Waals surface area contributed by atoms with Crippen molar-refractivity contribution in [3.63, 3.8) is 0 Å². The van der Waals surface area contributed by atoms with Crippen LogP contribution in [0, 0.1) is 0 Å². The van der Waals surface area contributed by atoms with Crippen LogP contribution in [0.2, 0.25) is 0 Å². The normalized spacial score (nSPS) is 10.4. The van der Waals surface area contributed by atoms with E-state index in [2.05, 4.69) is 20.7 Å². The minimum atomic E-state index is -2.99. The van der Waals surface area contributed by atoms with Gasteiger partial charge in [-0.25, -0.2) is 0 Å². The molecule has 0 heterocycles. The van der Waals surface area contributed by atoms with E-state index in [-0.39, 0.29) is 28.8 Å². The molecular weight excluding hydrogens is 326 g/mol. The fourth-order valence-electron chi connectivity index (χ4n) is 1.43. The Hall–Kier alpha value is -1.50. The summed E-state index contributed by atoms with van der Waals surface area (Å²) >= 11 is 3.04. The summed E-state index contributed by atoms with van der Waals surface area (Å²) in [5.74, 6) is -0.662. The van der Waals surface area contributed by atoms with Crippen molar-refractivity contribution < 1.29 is 27.8 Å². The van der Waals surface area contributed by atoms with Crippen molar-refractivity contribution in [2.24, 2.45) is 0 Å². The molecule has 1 rings (SSSR count). The number of carbonyl (C=O) groups is 2. The van der Waals surface area contributed by atoms with Crippen molar-refractivity contribution in [3.05, 3.63) is 27.7 Å². The molecular formula is C12H11BrF2O4. The third-order valence-electron chi connectivity index (χ3n) is 2.18. The van der Waals surface area contributed by atoms with E-state index < -0.39 is 12.6 Å². The molecule has 7 heteroatoms. The Balaban J connectivity index is 3.02. The maximum atomic E-state index is 12.1. The number of esters is 1. The number of hydrogen-bond acceptors (Lipinski definition) is 4. The lowest BCUT2D eigenvalue weighted by atomic mass is 10.1. The van der Waals surface area contributed by atoms with E-state index in [1.165, 1.54) is 6.07 Å². The van der Waals surface area contributed by atoms with Gasteiger partial charge in [-0.05, 0) is 40.5 Å². The summed E-state index contributed by atoms with van der Waals surface area (Å²) in [5.41, 5.74) is 0.480. The molecule has 1 aromatic carbocycles. The Morgan fingerprint density at radius 3 is 2.68 bits per heavy atom. The van der Waals surface area contributed by atoms with Gasteiger partial charge in [0.05, 0.1) is 17.5 Å². The van der Waals surface area contributed by atoms with E-state index in [4.69, 9.17) is 4.74 Å². The predicted octanol–water partition coefficient (Wildman–Crippen LogP) is 2.97. The first-order valence-electron chi connectivity index (χ1n) is 5.36. The largest absolute Gasteiger partial charge is 0.466 e. The molecule has 0 aliphatic heterocycles. The highest BCUT2D eigenvalue weighted by atomic mass is 79.9. The second kappa shape index (κ2) is 7.18. The summed E-state index contributed by atoms with van der Waals surface area (Å²) < 4.78 is 33.5. The van der Waals surface area contributed by atoms with Gasteiger partial charge < -0.3 is 9.47 Å². The summed E-state index contributed by atoms with van der Waals surface area (Å²) in [6.07, 6.45) is 0.356. The number of halogens is 3. The van der Waals surface area contributed by atoms with Gasteiger partial charge in [-0.15, -0.1) is 0 Å². The lowest BCUT2D eigenvalue weighted by Gasteiger charge is -2.11. The van der Waals surface area contributed by atoms with Crippen molar-refractivity contribution in [2.75, 3.05) is 6.61 Å². The van der Waals surface area contributed by atoms with E-state index in [0.717, 1.165) is 6.07 Å². The molecule has 0 N–H and O–H groups in total. The van der Waals surface area contributed by atoms with Gasteiger partial charge >= 0.3 is 12.6 Å². The van der Waals surface area contributed by atoms with Gasteiger partial charge in [0.1, 0.15) is 12.0 Å². The van der Waals surface area contributed by atoms with Crippen LogP contribution in [0.1, 0.15) is 22.8 Å². The van der Waals surface area contributed by atoms with E-state index in [1.54, 1.807) is 6.92 Å². The van der Waals surface area contributed by atoms with Crippen LogP contribution in [0.25, 0.3) is 0 Å². The Morgan fingerprint density at radius 2 is 2.16 bits per heavy atom. The van der Waals surface area contributed by atoms with Crippen LogP contribution in [0.5, 0.6) is 5.75 Å². The van der Waals surface area contributed by atoms with E-state index >= 15 is 0 Å². The highest BCUT2D eigenvalue weighted by Gasteiger charge is 2.15. The summed E-state index contributed by atoms with van der Waals surface area (Å²) in [5, 5.41) is 0. The minimum Gasteiger partial charge on any atom is -0.466 e. The molecule has 0 amide bonds. The smallest absolute Gasteiger partial charge is 0.387 e. The fourth-order valence-corrected chi connectivity index (χ4v) is 1.91. The number of alkyl halides is 2. The highest BCUT2D eigenvalue weighted by molar-refractivity contribution is 9.10. The van der Waals surface area contributed by atoms with Crippen molar-refractivity contribution in [1.29, 1.82) is 0 Å². The van der Waals surface area contributed by atoms with Crippen LogP contribution in [0.15, 0.2) is 16.6 Å². The predicted molar refractivity (Wildman–Crippen MR) is 66.5 cm³/mol. The molecule has 0 spiro atoms. The van der Waals surface area contributed by atoms with Crippen LogP contribution < -0.4 is 4.74 Å². The Morgan fingerprint density at radius 1 is 1.47 bits per heavy atom. The highest BCUT2D eigenvalue weighted by Crippen LogP contribution is 2.30. The lowest BCUT2D eigenvalue weighted by Crippen LogP contribution is -2.10. The van der Waals surface area contributed by atoms with Gasteiger partial charge in [0.15, 0.2) is 0 Å². The zero-order valence-electron chi connectivity index (χ0n) is 9.99. The first-order valence-corrected chi connectivity index (χ1v) is 6.15. The molecule has 0 aliphatic rings. The first kappa shape index (κ1) is 15.6. The SMILES string of the molecule is CCOC(=O)Cc1cc(Br)c(OC(F)F)cc1C=O. The van der Waals surface area contributed by atoms with Crippen LogP contribution in [0.4, 0.5) is 8.78 Å². The molecule has 0 radical (unpaired) electrons. The average Bonchev–Trinajstić information content (AvgIpc) is 2.32. The Bertz CT molecular complexity index is 477. The van der Waals surface area contributed by atoms with Crippen LogP contribution in [-0.4, -0.2) is 25.5 Å². The molecule has 4 nitrogen and oxygen atoms in total. The lowest BCUT2D eigenvalue weighted by molar-refractivity contribution is -0.142. The molecule has 0 aromatic heterocycles. The molecule has 0 fully saturated rings. The molecule has 0 bridgehead atoms. The third kappa shape index (κ3) is 4.59. The fraction of sp³-hybridized carbons (Fsp3) is 0.333. The quantitative estimate of drug-likeness (QED) is 0.592. The molecule has 0 aliphatic carbocycles. The number of ether oxygens (including phenoxy) is 2. The summed E-state index contributed by atoms with van der Waals surface area (Å²) in [4.78, 5) is 22.3. The van der Waals surface area contributed by atoms with Gasteiger partial charge in [0, 0.05) is 5.56 Å². The van der Waals surface area contributed by atoms with Crippen molar-refractivity contribution >= 4 is 28.2 Å². The maximum absolute atomic E-state index is 12.1.